The predicted molar refractivity (Wildman–Crippen MR) is 94.8 cm³/mol. The Hall–Kier alpha value is -2.44. The third-order valence-corrected chi connectivity index (χ3v) is 4.21. The number of aromatic nitrogens is 1. The molecule has 136 valence electrons. The summed E-state index contributed by atoms with van der Waals surface area (Å²) in [5.41, 5.74) is 0.825. The molecule has 1 aliphatic rings. The third kappa shape index (κ3) is 6.91. The molecule has 7 heteroatoms. The zero-order valence-electron chi connectivity index (χ0n) is 14.6. The molecule has 1 aliphatic carbocycles. The Morgan fingerprint density at radius 2 is 1.72 bits per heavy atom. The lowest BCUT2D eigenvalue weighted by molar-refractivity contribution is -0.125. The topological polar surface area (TPSA) is 100 Å². The maximum absolute atomic E-state index is 11.8. The summed E-state index contributed by atoms with van der Waals surface area (Å²) in [6.45, 7) is 2.44. The first-order valence-corrected chi connectivity index (χ1v) is 8.82. The lowest BCUT2D eigenvalue weighted by Crippen LogP contribution is -2.34. The number of carbonyl (C=O) groups is 3. The standard InChI is InChI=1S/C18H26N4O3/c1-13-5-4-8-15(21-13)22-17(24)10-11-19-16(23)9-12-20-18(25)14-6-2-3-7-14/h4-5,8,14H,2-3,6-7,9-12H2,1H3,(H,19,23)(H,20,25)(H,21,22,24). The molecule has 0 atom stereocenters. The summed E-state index contributed by atoms with van der Waals surface area (Å²) < 4.78 is 0. The number of aryl methyl sites for hydroxylation is 1. The van der Waals surface area contributed by atoms with E-state index in [0.29, 0.717) is 12.4 Å². The number of anilines is 1. The number of rotatable bonds is 8. The van der Waals surface area contributed by atoms with Gasteiger partial charge < -0.3 is 16.0 Å². The molecule has 0 aromatic carbocycles. The van der Waals surface area contributed by atoms with Crippen molar-refractivity contribution in [2.45, 2.75) is 45.4 Å². The smallest absolute Gasteiger partial charge is 0.227 e. The van der Waals surface area contributed by atoms with Crippen LogP contribution in [0.4, 0.5) is 5.82 Å². The fourth-order valence-electron chi connectivity index (χ4n) is 2.85. The average Bonchev–Trinajstić information content (AvgIpc) is 3.09. The highest BCUT2D eigenvalue weighted by molar-refractivity contribution is 5.90. The summed E-state index contributed by atoms with van der Waals surface area (Å²) in [5.74, 6) is 0.296. The van der Waals surface area contributed by atoms with Crippen LogP contribution < -0.4 is 16.0 Å². The quantitative estimate of drug-likeness (QED) is 0.664. The maximum atomic E-state index is 11.8. The van der Waals surface area contributed by atoms with Gasteiger partial charge in [-0.15, -0.1) is 0 Å². The largest absolute Gasteiger partial charge is 0.356 e. The van der Waals surface area contributed by atoms with Crippen LogP contribution in [-0.4, -0.2) is 35.8 Å². The Morgan fingerprint density at radius 1 is 1.04 bits per heavy atom. The molecule has 25 heavy (non-hydrogen) atoms. The molecule has 0 aliphatic heterocycles. The summed E-state index contributed by atoms with van der Waals surface area (Å²) >= 11 is 0. The fourth-order valence-corrected chi connectivity index (χ4v) is 2.85. The number of amides is 3. The van der Waals surface area contributed by atoms with Crippen LogP contribution in [0.15, 0.2) is 18.2 Å². The van der Waals surface area contributed by atoms with Crippen molar-refractivity contribution in [3.8, 4) is 0 Å². The minimum absolute atomic E-state index is 0.0512. The van der Waals surface area contributed by atoms with Crippen molar-refractivity contribution in [3.63, 3.8) is 0 Å². The van der Waals surface area contributed by atoms with Gasteiger partial charge in [-0.05, 0) is 31.9 Å². The van der Waals surface area contributed by atoms with E-state index in [1.54, 1.807) is 6.07 Å². The van der Waals surface area contributed by atoms with Crippen LogP contribution >= 0.6 is 0 Å². The molecule has 0 saturated heterocycles. The first-order chi connectivity index (χ1) is 12.0. The number of hydrogen-bond acceptors (Lipinski definition) is 4. The van der Waals surface area contributed by atoms with Crippen molar-refractivity contribution in [2.75, 3.05) is 18.4 Å². The Labute approximate surface area is 148 Å². The summed E-state index contributed by atoms with van der Waals surface area (Å²) in [4.78, 5) is 39.5. The zero-order valence-corrected chi connectivity index (χ0v) is 14.6. The van der Waals surface area contributed by atoms with E-state index in [9.17, 15) is 14.4 Å². The second kappa shape index (κ2) is 9.76. The van der Waals surface area contributed by atoms with E-state index in [-0.39, 0.29) is 43.0 Å². The SMILES string of the molecule is Cc1cccc(NC(=O)CCNC(=O)CCNC(=O)C2CCCC2)n1. The van der Waals surface area contributed by atoms with Gasteiger partial charge >= 0.3 is 0 Å². The van der Waals surface area contributed by atoms with Gasteiger partial charge in [0, 0.05) is 37.5 Å². The minimum atomic E-state index is -0.201. The van der Waals surface area contributed by atoms with Crippen molar-refractivity contribution in [1.29, 1.82) is 0 Å². The lowest BCUT2D eigenvalue weighted by Gasteiger charge is -2.10. The molecule has 0 radical (unpaired) electrons. The molecule has 2 rings (SSSR count). The monoisotopic (exact) mass is 346 g/mol. The average molecular weight is 346 g/mol. The third-order valence-electron chi connectivity index (χ3n) is 4.21. The normalized spacial score (nSPS) is 14.1. The van der Waals surface area contributed by atoms with Crippen LogP contribution in [-0.2, 0) is 14.4 Å². The summed E-state index contributed by atoms with van der Waals surface area (Å²) in [7, 11) is 0. The van der Waals surface area contributed by atoms with Crippen molar-refractivity contribution in [1.82, 2.24) is 15.6 Å². The van der Waals surface area contributed by atoms with E-state index < -0.39 is 0 Å². The fraction of sp³-hybridized carbons (Fsp3) is 0.556. The minimum Gasteiger partial charge on any atom is -0.356 e. The van der Waals surface area contributed by atoms with Crippen molar-refractivity contribution >= 4 is 23.5 Å². The lowest BCUT2D eigenvalue weighted by atomic mass is 10.1. The van der Waals surface area contributed by atoms with E-state index in [1.807, 2.05) is 19.1 Å². The molecule has 1 saturated carbocycles. The second-order valence-electron chi connectivity index (χ2n) is 6.33. The summed E-state index contributed by atoms with van der Waals surface area (Å²) in [6, 6.07) is 5.39. The Morgan fingerprint density at radius 3 is 2.44 bits per heavy atom. The highest BCUT2D eigenvalue weighted by Gasteiger charge is 2.22. The van der Waals surface area contributed by atoms with Crippen LogP contribution in [0.25, 0.3) is 0 Å². The first kappa shape index (κ1) is 18.9. The molecule has 3 amide bonds. The molecule has 1 fully saturated rings. The molecular weight excluding hydrogens is 320 g/mol. The van der Waals surface area contributed by atoms with E-state index in [2.05, 4.69) is 20.9 Å². The van der Waals surface area contributed by atoms with Gasteiger partial charge in [-0.3, -0.25) is 14.4 Å². The van der Waals surface area contributed by atoms with Gasteiger partial charge in [0.1, 0.15) is 5.82 Å². The molecular formula is C18H26N4O3. The van der Waals surface area contributed by atoms with Crippen LogP contribution in [0.2, 0.25) is 0 Å². The van der Waals surface area contributed by atoms with Gasteiger partial charge in [0.05, 0.1) is 0 Å². The van der Waals surface area contributed by atoms with Crippen LogP contribution in [0.3, 0.4) is 0 Å². The highest BCUT2D eigenvalue weighted by Crippen LogP contribution is 2.24. The number of carbonyl (C=O) groups excluding carboxylic acids is 3. The molecule has 1 aromatic rings. The van der Waals surface area contributed by atoms with Gasteiger partial charge in [-0.25, -0.2) is 4.98 Å². The summed E-state index contributed by atoms with van der Waals surface area (Å²) in [6.07, 6.45) is 4.51. The van der Waals surface area contributed by atoms with Gasteiger partial charge in [0.15, 0.2) is 0 Å². The molecule has 1 aromatic heterocycles. The number of nitrogens with one attached hydrogen (secondary N) is 3. The molecule has 0 bridgehead atoms. The zero-order chi connectivity index (χ0) is 18.1. The van der Waals surface area contributed by atoms with Crippen LogP contribution in [0, 0.1) is 12.8 Å². The predicted octanol–water partition coefficient (Wildman–Crippen LogP) is 1.53. The van der Waals surface area contributed by atoms with Crippen LogP contribution in [0.5, 0.6) is 0 Å². The van der Waals surface area contributed by atoms with E-state index in [4.69, 9.17) is 0 Å². The van der Waals surface area contributed by atoms with E-state index in [1.165, 1.54) is 0 Å². The van der Waals surface area contributed by atoms with E-state index in [0.717, 1.165) is 31.4 Å². The molecule has 0 unspecified atom stereocenters. The maximum Gasteiger partial charge on any atom is 0.227 e. The van der Waals surface area contributed by atoms with Gasteiger partial charge in [-0.1, -0.05) is 18.9 Å². The van der Waals surface area contributed by atoms with Gasteiger partial charge in [-0.2, -0.15) is 0 Å². The first-order valence-electron chi connectivity index (χ1n) is 8.82. The Bertz CT molecular complexity index is 612. The van der Waals surface area contributed by atoms with Crippen molar-refractivity contribution in [3.05, 3.63) is 23.9 Å². The number of nitrogens with zero attached hydrogens (tertiary/aromatic N) is 1. The Balaban J connectivity index is 1.55. The van der Waals surface area contributed by atoms with Gasteiger partial charge in [0.2, 0.25) is 17.7 Å². The number of hydrogen-bond donors (Lipinski definition) is 3. The number of pyridine rings is 1. The van der Waals surface area contributed by atoms with Crippen molar-refractivity contribution < 1.29 is 14.4 Å². The molecule has 1 heterocycles. The van der Waals surface area contributed by atoms with Gasteiger partial charge in [0.25, 0.3) is 0 Å². The van der Waals surface area contributed by atoms with E-state index >= 15 is 0 Å². The van der Waals surface area contributed by atoms with Crippen molar-refractivity contribution in [2.24, 2.45) is 5.92 Å². The second-order valence-corrected chi connectivity index (χ2v) is 6.33. The Kier molecular flexibility index (Phi) is 7.37. The molecule has 0 spiro atoms. The summed E-state index contributed by atoms with van der Waals surface area (Å²) in [5, 5.41) is 8.18. The van der Waals surface area contributed by atoms with Crippen LogP contribution in [0.1, 0.15) is 44.2 Å². The highest BCUT2D eigenvalue weighted by atomic mass is 16.2. The molecule has 7 nitrogen and oxygen atoms in total. The molecule has 3 N–H and O–H groups in total.